The summed E-state index contributed by atoms with van der Waals surface area (Å²) in [5.74, 6) is -0.411. The molecule has 1 saturated carbocycles. The van der Waals surface area contributed by atoms with Crippen molar-refractivity contribution in [2.45, 2.75) is 35.8 Å². The number of nitrogen functional groups attached to an aromatic ring is 1. The van der Waals surface area contributed by atoms with Crippen molar-refractivity contribution in [2.24, 2.45) is 5.92 Å². The summed E-state index contributed by atoms with van der Waals surface area (Å²) < 4.78 is 29.7. The van der Waals surface area contributed by atoms with Crippen molar-refractivity contribution in [3.63, 3.8) is 0 Å². The lowest BCUT2D eigenvalue weighted by molar-refractivity contribution is -0.146. The van der Waals surface area contributed by atoms with Crippen LogP contribution in [-0.4, -0.2) is 26.7 Å². The number of methoxy groups -OCH3 is 1. The Kier molecular flexibility index (Phi) is 4.32. The van der Waals surface area contributed by atoms with Gasteiger partial charge in [0.2, 0.25) is 0 Å². The second-order valence-corrected chi connectivity index (χ2v) is 7.34. The standard InChI is InChI=1S/C14H19NO4S/c1-19-14(16)10-2-6-12(7-3-10)20(17,18)13-8-4-11(15)5-9-13/h4-5,8-10,12H,2-3,6-7,15H2,1H3/t10-,12+. The van der Waals surface area contributed by atoms with Crippen molar-refractivity contribution in [3.8, 4) is 0 Å². The van der Waals surface area contributed by atoms with Crippen LogP contribution < -0.4 is 5.73 Å². The largest absolute Gasteiger partial charge is 0.469 e. The van der Waals surface area contributed by atoms with Gasteiger partial charge in [-0.1, -0.05) is 0 Å². The van der Waals surface area contributed by atoms with E-state index in [0.717, 1.165) is 0 Å². The van der Waals surface area contributed by atoms with Gasteiger partial charge >= 0.3 is 5.97 Å². The van der Waals surface area contributed by atoms with E-state index < -0.39 is 15.1 Å². The molecule has 1 aliphatic rings. The Hall–Kier alpha value is -1.56. The third-order valence-corrected chi connectivity index (χ3v) is 6.13. The van der Waals surface area contributed by atoms with Crippen molar-refractivity contribution in [2.75, 3.05) is 12.8 Å². The first-order chi connectivity index (χ1) is 9.45. The molecule has 2 N–H and O–H groups in total. The van der Waals surface area contributed by atoms with Crippen molar-refractivity contribution in [1.29, 1.82) is 0 Å². The van der Waals surface area contributed by atoms with Crippen molar-refractivity contribution < 1.29 is 17.9 Å². The highest BCUT2D eigenvalue weighted by molar-refractivity contribution is 7.92. The van der Waals surface area contributed by atoms with Gasteiger partial charge in [-0.05, 0) is 49.9 Å². The first-order valence-electron chi connectivity index (χ1n) is 6.62. The highest BCUT2D eigenvalue weighted by atomic mass is 32.2. The predicted molar refractivity (Wildman–Crippen MR) is 75.8 cm³/mol. The normalized spacial score (nSPS) is 23.2. The zero-order chi connectivity index (χ0) is 14.8. The number of anilines is 1. The van der Waals surface area contributed by atoms with Crippen molar-refractivity contribution in [1.82, 2.24) is 0 Å². The number of hydrogen-bond donors (Lipinski definition) is 1. The number of carbonyl (C=O) groups excluding carboxylic acids is 1. The number of sulfone groups is 1. The topological polar surface area (TPSA) is 86.5 Å². The Balaban J connectivity index is 2.09. The van der Waals surface area contributed by atoms with E-state index in [1.807, 2.05) is 0 Å². The number of rotatable bonds is 3. The molecule has 1 fully saturated rings. The summed E-state index contributed by atoms with van der Waals surface area (Å²) in [5, 5.41) is -0.424. The Morgan fingerprint density at radius 2 is 1.70 bits per heavy atom. The molecule has 0 aliphatic heterocycles. The number of ether oxygens (including phenoxy) is 1. The second kappa shape index (κ2) is 5.83. The Morgan fingerprint density at radius 1 is 1.15 bits per heavy atom. The van der Waals surface area contributed by atoms with Gasteiger partial charge in [0.05, 0.1) is 23.2 Å². The molecule has 0 atom stereocenters. The van der Waals surface area contributed by atoms with E-state index in [4.69, 9.17) is 10.5 Å². The van der Waals surface area contributed by atoms with Crippen LogP contribution in [0.1, 0.15) is 25.7 Å². The van der Waals surface area contributed by atoms with E-state index in [9.17, 15) is 13.2 Å². The van der Waals surface area contributed by atoms with E-state index in [1.54, 1.807) is 12.1 Å². The van der Waals surface area contributed by atoms with E-state index in [2.05, 4.69) is 0 Å². The van der Waals surface area contributed by atoms with Crippen LogP contribution in [0.5, 0.6) is 0 Å². The molecule has 2 rings (SSSR count). The fourth-order valence-corrected chi connectivity index (χ4v) is 4.42. The average Bonchev–Trinajstić information content (AvgIpc) is 2.47. The molecule has 0 radical (unpaired) electrons. The molecule has 0 unspecified atom stereocenters. The number of benzene rings is 1. The maximum atomic E-state index is 12.5. The summed E-state index contributed by atoms with van der Waals surface area (Å²) in [4.78, 5) is 11.7. The molecule has 1 aromatic rings. The molecule has 110 valence electrons. The van der Waals surface area contributed by atoms with Crippen LogP contribution >= 0.6 is 0 Å². The van der Waals surface area contributed by atoms with Crippen LogP contribution in [0.4, 0.5) is 5.69 Å². The first-order valence-corrected chi connectivity index (χ1v) is 8.17. The van der Waals surface area contributed by atoms with Gasteiger partial charge in [0.15, 0.2) is 9.84 Å². The van der Waals surface area contributed by atoms with E-state index in [1.165, 1.54) is 19.2 Å². The minimum atomic E-state index is -3.34. The minimum absolute atomic E-state index is 0.169. The predicted octanol–water partition coefficient (Wildman–Crippen LogP) is 1.77. The summed E-state index contributed by atoms with van der Waals surface area (Å²) in [7, 11) is -1.98. The smallest absolute Gasteiger partial charge is 0.308 e. The maximum Gasteiger partial charge on any atom is 0.308 e. The number of hydrogen-bond acceptors (Lipinski definition) is 5. The molecule has 0 heterocycles. The monoisotopic (exact) mass is 297 g/mol. The van der Waals surface area contributed by atoms with E-state index in [0.29, 0.717) is 36.3 Å². The second-order valence-electron chi connectivity index (χ2n) is 5.11. The molecule has 0 amide bonds. The van der Waals surface area contributed by atoms with Gasteiger partial charge in [-0.15, -0.1) is 0 Å². The van der Waals surface area contributed by atoms with Crippen LogP contribution in [0.15, 0.2) is 29.2 Å². The minimum Gasteiger partial charge on any atom is -0.469 e. The van der Waals surface area contributed by atoms with Gasteiger partial charge in [-0.3, -0.25) is 4.79 Å². The van der Waals surface area contributed by atoms with Crippen LogP contribution in [0.25, 0.3) is 0 Å². The zero-order valence-electron chi connectivity index (χ0n) is 11.4. The van der Waals surface area contributed by atoms with Crippen LogP contribution in [0.2, 0.25) is 0 Å². The molecule has 0 spiro atoms. The number of nitrogens with two attached hydrogens (primary N) is 1. The average molecular weight is 297 g/mol. The fraction of sp³-hybridized carbons (Fsp3) is 0.500. The number of carbonyl (C=O) groups is 1. The SMILES string of the molecule is COC(=O)[C@H]1CC[C@@H](S(=O)(=O)c2ccc(N)cc2)CC1. The Morgan fingerprint density at radius 3 is 2.20 bits per heavy atom. The van der Waals surface area contributed by atoms with E-state index >= 15 is 0 Å². The summed E-state index contributed by atoms with van der Waals surface area (Å²) in [5.41, 5.74) is 6.11. The molecule has 1 aromatic carbocycles. The molecule has 0 aromatic heterocycles. The van der Waals surface area contributed by atoms with Crippen molar-refractivity contribution in [3.05, 3.63) is 24.3 Å². The highest BCUT2D eigenvalue weighted by Crippen LogP contribution is 2.32. The highest BCUT2D eigenvalue weighted by Gasteiger charge is 2.34. The van der Waals surface area contributed by atoms with Gasteiger partial charge in [0.1, 0.15) is 0 Å². The van der Waals surface area contributed by atoms with Gasteiger partial charge in [0, 0.05) is 5.69 Å². The molecule has 0 saturated heterocycles. The van der Waals surface area contributed by atoms with Gasteiger partial charge < -0.3 is 10.5 Å². The lowest BCUT2D eigenvalue weighted by atomic mass is 9.89. The van der Waals surface area contributed by atoms with Gasteiger partial charge in [-0.25, -0.2) is 8.42 Å². The van der Waals surface area contributed by atoms with E-state index in [-0.39, 0.29) is 11.9 Å². The summed E-state index contributed by atoms with van der Waals surface area (Å²) >= 11 is 0. The third-order valence-electron chi connectivity index (χ3n) is 3.86. The summed E-state index contributed by atoms with van der Waals surface area (Å²) in [6.45, 7) is 0. The maximum absolute atomic E-state index is 12.5. The molecular weight excluding hydrogens is 278 g/mol. The van der Waals surface area contributed by atoms with Gasteiger partial charge in [-0.2, -0.15) is 0 Å². The summed E-state index contributed by atoms with van der Waals surface area (Å²) in [6, 6.07) is 6.26. The lowest BCUT2D eigenvalue weighted by Gasteiger charge is -2.26. The van der Waals surface area contributed by atoms with Crippen LogP contribution in [0, 0.1) is 5.92 Å². The Bertz CT molecular complexity index is 572. The quantitative estimate of drug-likeness (QED) is 0.679. The first kappa shape index (κ1) is 14.8. The molecule has 20 heavy (non-hydrogen) atoms. The molecule has 0 bridgehead atoms. The fourth-order valence-electron chi connectivity index (χ4n) is 2.63. The van der Waals surface area contributed by atoms with Gasteiger partial charge in [0.25, 0.3) is 0 Å². The molecule has 6 heteroatoms. The molecular formula is C14H19NO4S. The number of esters is 1. The van der Waals surface area contributed by atoms with Crippen molar-refractivity contribution >= 4 is 21.5 Å². The van der Waals surface area contributed by atoms with Crippen LogP contribution in [-0.2, 0) is 19.4 Å². The van der Waals surface area contributed by atoms with Crippen LogP contribution in [0.3, 0.4) is 0 Å². The Labute approximate surface area is 119 Å². The zero-order valence-corrected chi connectivity index (χ0v) is 12.2. The molecule has 1 aliphatic carbocycles. The lowest BCUT2D eigenvalue weighted by Crippen LogP contribution is -2.30. The third kappa shape index (κ3) is 2.95. The molecule has 5 nitrogen and oxygen atoms in total. The summed E-state index contributed by atoms with van der Waals surface area (Å²) in [6.07, 6.45) is 2.11.